The van der Waals surface area contributed by atoms with Gasteiger partial charge < -0.3 is 5.11 Å². The number of rotatable bonds is 2. The summed E-state index contributed by atoms with van der Waals surface area (Å²) in [5.41, 5.74) is 1.05. The van der Waals surface area contributed by atoms with Crippen LogP contribution in [0.4, 0.5) is 0 Å². The molecule has 1 aliphatic heterocycles. The second kappa shape index (κ2) is 5.62. The normalized spacial score (nSPS) is 36.3. The highest BCUT2D eigenvalue weighted by Gasteiger charge is 2.48. The molecule has 5 atom stereocenters. The molecule has 5 heteroatoms. The average molecular weight is 323 g/mol. The van der Waals surface area contributed by atoms with Crippen LogP contribution in [0.2, 0.25) is 0 Å². The predicted molar refractivity (Wildman–Crippen MR) is 85.9 cm³/mol. The van der Waals surface area contributed by atoms with E-state index in [0.717, 1.165) is 12.0 Å². The summed E-state index contributed by atoms with van der Waals surface area (Å²) in [5.74, 6) is 1.16. The summed E-state index contributed by atoms with van der Waals surface area (Å²) in [5, 5.41) is 10.1. The van der Waals surface area contributed by atoms with E-state index in [0.29, 0.717) is 29.8 Å². The fraction of sp³-hybridized carbons (Fsp3) is 0.647. The summed E-state index contributed by atoms with van der Waals surface area (Å²) >= 11 is 0. The van der Waals surface area contributed by atoms with Gasteiger partial charge in [-0.05, 0) is 49.1 Å². The molecule has 0 radical (unpaired) electrons. The highest BCUT2D eigenvalue weighted by atomic mass is 32.2. The van der Waals surface area contributed by atoms with E-state index in [-0.39, 0.29) is 17.9 Å². The van der Waals surface area contributed by atoms with E-state index in [1.54, 1.807) is 16.4 Å². The third-order valence-corrected chi connectivity index (χ3v) is 7.49. The molecule has 3 rings (SSSR count). The standard InChI is InChI=1S/C17H25NO3S/c1-11-4-6-14(7-5-11)22(20,21)18-9-12(2)15-8-17(19)13(3)16(15)10-18/h4-7,12-13,15-17,19H,8-10H2,1-3H3/t12-,13-,15+,16+,17+/m0/s1. The zero-order valence-corrected chi connectivity index (χ0v) is 14.3. The molecule has 1 N–H and O–H groups in total. The number of aryl methyl sites for hydroxylation is 1. The first kappa shape index (κ1) is 16.0. The minimum absolute atomic E-state index is 0.170. The number of hydrogen-bond acceptors (Lipinski definition) is 3. The van der Waals surface area contributed by atoms with Gasteiger partial charge in [-0.2, -0.15) is 4.31 Å². The molecule has 122 valence electrons. The fourth-order valence-corrected chi connectivity index (χ4v) is 5.70. The fourth-order valence-electron chi connectivity index (χ4n) is 4.12. The Balaban J connectivity index is 1.87. The van der Waals surface area contributed by atoms with Crippen LogP contribution in [0.3, 0.4) is 0 Å². The minimum atomic E-state index is -3.44. The smallest absolute Gasteiger partial charge is 0.243 e. The van der Waals surface area contributed by atoms with Crippen molar-refractivity contribution in [1.29, 1.82) is 0 Å². The third kappa shape index (κ3) is 2.59. The quantitative estimate of drug-likeness (QED) is 0.908. The Morgan fingerprint density at radius 1 is 1.09 bits per heavy atom. The van der Waals surface area contributed by atoms with Gasteiger partial charge in [-0.25, -0.2) is 8.42 Å². The summed E-state index contributed by atoms with van der Waals surface area (Å²) in [6.45, 7) is 7.19. The molecular weight excluding hydrogens is 298 g/mol. The molecule has 1 aliphatic carbocycles. The van der Waals surface area contributed by atoms with Crippen molar-refractivity contribution in [3.63, 3.8) is 0 Å². The van der Waals surface area contributed by atoms with Crippen molar-refractivity contribution in [3.8, 4) is 0 Å². The summed E-state index contributed by atoms with van der Waals surface area (Å²) in [6, 6.07) is 7.05. The molecule has 22 heavy (non-hydrogen) atoms. The molecule has 2 fully saturated rings. The van der Waals surface area contributed by atoms with Gasteiger partial charge in [0.05, 0.1) is 11.0 Å². The second-order valence-corrected chi connectivity index (χ2v) is 9.04. The molecule has 2 aliphatic rings. The Morgan fingerprint density at radius 3 is 2.36 bits per heavy atom. The lowest BCUT2D eigenvalue weighted by molar-refractivity contribution is 0.110. The van der Waals surface area contributed by atoms with E-state index < -0.39 is 10.0 Å². The van der Waals surface area contributed by atoms with Crippen molar-refractivity contribution in [2.24, 2.45) is 23.7 Å². The van der Waals surface area contributed by atoms with Gasteiger partial charge in [0.2, 0.25) is 10.0 Å². The molecule has 1 saturated heterocycles. The lowest BCUT2D eigenvalue weighted by atomic mass is 9.79. The van der Waals surface area contributed by atoms with Crippen molar-refractivity contribution in [2.45, 2.75) is 38.2 Å². The third-order valence-electron chi connectivity index (χ3n) is 5.64. The monoisotopic (exact) mass is 323 g/mol. The van der Waals surface area contributed by atoms with Crippen molar-refractivity contribution < 1.29 is 13.5 Å². The van der Waals surface area contributed by atoms with Gasteiger partial charge in [0.25, 0.3) is 0 Å². The van der Waals surface area contributed by atoms with Crippen LogP contribution in [0.5, 0.6) is 0 Å². The van der Waals surface area contributed by atoms with E-state index >= 15 is 0 Å². The zero-order chi connectivity index (χ0) is 16.1. The lowest BCUT2D eigenvalue weighted by Crippen LogP contribution is -2.47. The van der Waals surface area contributed by atoms with E-state index in [9.17, 15) is 13.5 Å². The first-order valence-electron chi connectivity index (χ1n) is 8.05. The highest BCUT2D eigenvalue weighted by molar-refractivity contribution is 7.89. The Labute approximate surface area is 133 Å². The van der Waals surface area contributed by atoms with Crippen LogP contribution in [0.25, 0.3) is 0 Å². The highest BCUT2D eigenvalue weighted by Crippen LogP contribution is 2.45. The average Bonchev–Trinajstić information content (AvgIpc) is 2.76. The molecule has 1 saturated carbocycles. The van der Waals surface area contributed by atoms with Crippen LogP contribution in [-0.2, 0) is 10.0 Å². The molecular formula is C17H25NO3S. The van der Waals surface area contributed by atoms with Gasteiger partial charge >= 0.3 is 0 Å². The van der Waals surface area contributed by atoms with Gasteiger partial charge in [0, 0.05) is 13.1 Å². The van der Waals surface area contributed by atoms with Crippen LogP contribution < -0.4 is 0 Å². The first-order valence-corrected chi connectivity index (χ1v) is 9.49. The zero-order valence-electron chi connectivity index (χ0n) is 13.4. The van der Waals surface area contributed by atoms with Crippen LogP contribution in [0, 0.1) is 30.6 Å². The molecule has 1 heterocycles. The van der Waals surface area contributed by atoms with Crippen molar-refractivity contribution >= 4 is 10.0 Å². The van der Waals surface area contributed by atoms with Crippen LogP contribution in [-0.4, -0.2) is 37.0 Å². The molecule has 1 aromatic carbocycles. The van der Waals surface area contributed by atoms with Crippen LogP contribution >= 0.6 is 0 Å². The maximum Gasteiger partial charge on any atom is 0.243 e. The maximum absolute atomic E-state index is 12.9. The lowest BCUT2D eigenvalue weighted by Gasteiger charge is -2.40. The molecule has 0 amide bonds. The summed E-state index contributed by atoms with van der Waals surface area (Å²) in [6.07, 6.45) is 0.519. The maximum atomic E-state index is 12.9. The SMILES string of the molecule is Cc1ccc(S(=O)(=O)N2C[C@@H]3[C@H](C)[C@H](O)C[C@@H]3[C@@H](C)C2)cc1. The van der Waals surface area contributed by atoms with Gasteiger partial charge in [0.1, 0.15) is 0 Å². The molecule has 0 unspecified atom stereocenters. The Hall–Kier alpha value is -0.910. The first-order chi connectivity index (χ1) is 10.3. The predicted octanol–water partition coefficient (Wildman–Crippen LogP) is 2.27. The number of hydrogen-bond donors (Lipinski definition) is 1. The van der Waals surface area contributed by atoms with Crippen molar-refractivity contribution in [1.82, 2.24) is 4.31 Å². The van der Waals surface area contributed by atoms with Gasteiger partial charge in [0.15, 0.2) is 0 Å². The summed E-state index contributed by atoms with van der Waals surface area (Å²) in [4.78, 5) is 0.370. The van der Waals surface area contributed by atoms with Crippen molar-refractivity contribution in [3.05, 3.63) is 29.8 Å². The topological polar surface area (TPSA) is 57.6 Å². The Morgan fingerprint density at radius 2 is 1.73 bits per heavy atom. The van der Waals surface area contributed by atoms with E-state index in [1.165, 1.54) is 0 Å². The Bertz CT molecular complexity index is 640. The number of fused-ring (bicyclic) bond motifs is 1. The number of sulfonamides is 1. The van der Waals surface area contributed by atoms with Crippen LogP contribution in [0.15, 0.2) is 29.2 Å². The molecule has 1 aromatic rings. The Kier molecular flexibility index (Phi) is 4.08. The van der Waals surface area contributed by atoms with E-state index in [2.05, 4.69) is 6.92 Å². The molecule has 0 bridgehead atoms. The van der Waals surface area contributed by atoms with Gasteiger partial charge in [-0.3, -0.25) is 0 Å². The number of aliphatic hydroxyl groups is 1. The number of benzene rings is 1. The number of nitrogens with zero attached hydrogens (tertiary/aromatic N) is 1. The van der Waals surface area contributed by atoms with E-state index in [4.69, 9.17) is 0 Å². The molecule has 0 aromatic heterocycles. The minimum Gasteiger partial charge on any atom is -0.393 e. The molecule has 0 spiro atoms. The molecule has 4 nitrogen and oxygen atoms in total. The second-order valence-electron chi connectivity index (χ2n) is 7.10. The van der Waals surface area contributed by atoms with Crippen molar-refractivity contribution in [2.75, 3.05) is 13.1 Å². The number of aliphatic hydroxyl groups excluding tert-OH is 1. The van der Waals surface area contributed by atoms with Gasteiger partial charge in [-0.1, -0.05) is 31.5 Å². The van der Waals surface area contributed by atoms with Gasteiger partial charge in [-0.15, -0.1) is 0 Å². The number of piperidine rings is 1. The van der Waals surface area contributed by atoms with E-state index in [1.807, 2.05) is 26.0 Å². The largest absolute Gasteiger partial charge is 0.393 e. The summed E-state index contributed by atoms with van der Waals surface area (Å²) < 4.78 is 27.4. The summed E-state index contributed by atoms with van der Waals surface area (Å²) in [7, 11) is -3.44. The van der Waals surface area contributed by atoms with Crippen LogP contribution in [0.1, 0.15) is 25.8 Å².